The lowest BCUT2D eigenvalue weighted by Crippen LogP contribution is -2.58. The first-order valence-electron chi connectivity index (χ1n) is 5.59. The number of ether oxygens (including phenoxy) is 1. The summed E-state index contributed by atoms with van der Waals surface area (Å²) in [5.41, 5.74) is 0.733. The Morgan fingerprint density at radius 1 is 1.53 bits per heavy atom. The summed E-state index contributed by atoms with van der Waals surface area (Å²) in [7, 11) is 1.68. The quantitative estimate of drug-likeness (QED) is 0.612. The molecule has 6 heteroatoms. The third-order valence-corrected chi connectivity index (χ3v) is 4.13. The number of nitrogens with zero attached hydrogens (tertiary/aromatic N) is 1. The van der Waals surface area contributed by atoms with Gasteiger partial charge in [-0.05, 0) is 13.3 Å². The summed E-state index contributed by atoms with van der Waals surface area (Å²) in [5.74, 6) is 0. The van der Waals surface area contributed by atoms with E-state index in [2.05, 4.69) is 16.9 Å². The Bertz CT molecular complexity index is 348. The smallest absolute Gasteiger partial charge is 0.159 e. The largest absolute Gasteiger partial charge is 0.388 e. The number of hydrogen-bond donors (Lipinski definition) is 3. The molecule has 5 unspecified atom stereocenters. The second-order valence-electron chi connectivity index (χ2n) is 4.50. The van der Waals surface area contributed by atoms with E-state index >= 15 is 0 Å². The first-order chi connectivity index (χ1) is 8.02. The number of aliphatic hydroxyl groups is 2. The zero-order valence-electron chi connectivity index (χ0n) is 9.96. The second kappa shape index (κ2) is 4.97. The van der Waals surface area contributed by atoms with Gasteiger partial charge in [-0.2, -0.15) is 0 Å². The van der Waals surface area contributed by atoms with E-state index in [4.69, 9.17) is 4.74 Å². The van der Waals surface area contributed by atoms with Crippen LogP contribution >= 0.6 is 11.8 Å². The minimum atomic E-state index is -0.891. The van der Waals surface area contributed by atoms with E-state index in [1.165, 1.54) is 11.8 Å². The maximum atomic E-state index is 10.1. The highest BCUT2D eigenvalue weighted by atomic mass is 32.2. The minimum absolute atomic E-state index is 0.198. The fraction of sp³-hybridized carbons (Fsp3) is 0.727. The summed E-state index contributed by atoms with van der Waals surface area (Å²) in [6.45, 7) is 5.69. The maximum Gasteiger partial charge on any atom is 0.159 e. The minimum Gasteiger partial charge on any atom is -0.388 e. The second-order valence-corrected chi connectivity index (χ2v) is 5.59. The Hall–Kier alpha value is -0.560. The first-order valence-corrected chi connectivity index (χ1v) is 6.47. The molecule has 0 aromatic rings. The number of hydrogen-bond acceptors (Lipinski definition) is 5. The highest BCUT2D eigenvalue weighted by Crippen LogP contribution is 2.35. The molecule has 2 aliphatic heterocycles. The molecule has 5 nitrogen and oxygen atoms in total. The fourth-order valence-corrected chi connectivity index (χ4v) is 3.20. The third-order valence-electron chi connectivity index (χ3n) is 2.97. The first kappa shape index (κ1) is 12.9. The van der Waals surface area contributed by atoms with Gasteiger partial charge in [-0.1, -0.05) is 17.3 Å². The Morgan fingerprint density at radius 2 is 2.24 bits per heavy atom. The summed E-state index contributed by atoms with van der Waals surface area (Å²) in [6, 6.07) is -0.296. The molecule has 3 N–H and O–H groups in total. The average Bonchev–Trinajstić information content (AvgIpc) is 2.68. The number of aliphatic hydroxyl groups excluding tert-OH is 2. The zero-order chi connectivity index (χ0) is 12.6. The van der Waals surface area contributed by atoms with Crippen LogP contribution in [0.2, 0.25) is 0 Å². The Balaban J connectivity index is 2.10. The van der Waals surface area contributed by atoms with E-state index in [1.807, 2.05) is 6.92 Å². The predicted octanol–water partition coefficient (Wildman–Crippen LogP) is 0.0901. The van der Waals surface area contributed by atoms with Gasteiger partial charge < -0.3 is 20.3 Å². The van der Waals surface area contributed by atoms with Crippen LogP contribution in [-0.4, -0.2) is 52.2 Å². The van der Waals surface area contributed by atoms with Gasteiger partial charge in [-0.15, -0.1) is 6.58 Å². The van der Waals surface area contributed by atoms with E-state index in [0.717, 1.165) is 10.7 Å². The molecule has 0 bridgehead atoms. The van der Waals surface area contributed by atoms with Crippen molar-refractivity contribution in [2.24, 2.45) is 4.99 Å². The van der Waals surface area contributed by atoms with E-state index < -0.39 is 18.3 Å². The number of nitrogens with one attached hydrogen (secondary N) is 1. The molecular weight excluding hydrogens is 240 g/mol. The lowest BCUT2D eigenvalue weighted by Gasteiger charge is -2.39. The summed E-state index contributed by atoms with van der Waals surface area (Å²) in [5, 5.41) is 23.8. The van der Waals surface area contributed by atoms with E-state index in [-0.39, 0.29) is 11.5 Å². The van der Waals surface area contributed by atoms with E-state index in [9.17, 15) is 10.2 Å². The van der Waals surface area contributed by atoms with Crippen molar-refractivity contribution in [1.29, 1.82) is 0 Å². The third kappa shape index (κ3) is 2.49. The lowest BCUT2D eigenvalue weighted by molar-refractivity contribution is -0.154. The Labute approximate surface area is 105 Å². The number of rotatable bonds is 2. The van der Waals surface area contributed by atoms with E-state index in [1.54, 1.807) is 7.05 Å². The Morgan fingerprint density at radius 3 is 2.82 bits per heavy atom. The zero-order valence-corrected chi connectivity index (χ0v) is 10.8. The summed E-state index contributed by atoms with van der Waals surface area (Å²) < 4.78 is 5.78. The maximum absolute atomic E-state index is 10.1. The van der Waals surface area contributed by atoms with Crippen molar-refractivity contribution in [2.45, 2.75) is 43.1 Å². The molecule has 2 fully saturated rings. The monoisotopic (exact) mass is 258 g/mol. The number of amidine groups is 1. The van der Waals surface area contributed by atoms with Crippen LogP contribution in [0.25, 0.3) is 0 Å². The molecular formula is C11H18N2O3S. The molecule has 0 aromatic heterocycles. The van der Waals surface area contributed by atoms with Gasteiger partial charge in [0.2, 0.25) is 0 Å². The topological polar surface area (TPSA) is 74.1 Å². The summed E-state index contributed by atoms with van der Waals surface area (Å²) in [4.78, 5) is 4.04. The van der Waals surface area contributed by atoms with Gasteiger partial charge in [-0.25, -0.2) is 0 Å². The Kier molecular flexibility index (Phi) is 3.77. The number of aliphatic imine (C=N–C) groups is 1. The molecule has 96 valence electrons. The summed E-state index contributed by atoms with van der Waals surface area (Å²) in [6.07, 6.45) is -1.57. The molecule has 0 amide bonds. The molecule has 0 aromatic carbocycles. The van der Waals surface area contributed by atoms with Crippen LogP contribution in [0.5, 0.6) is 0 Å². The van der Waals surface area contributed by atoms with Gasteiger partial charge in [0.25, 0.3) is 0 Å². The molecule has 0 saturated carbocycles. The van der Waals surface area contributed by atoms with Crippen molar-refractivity contribution in [3.63, 3.8) is 0 Å². The van der Waals surface area contributed by atoms with Crippen molar-refractivity contribution >= 4 is 16.9 Å². The lowest BCUT2D eigenvalue weighted by atomic mass is 9.94. The van der Waals surface area contributed by atoms with Crippen LogP contribution in [0, 0.1) is 0 Å². The van der Waals surface area contributed by atoms with Gasteiger partial charge in [0, 0.05) is 7.05 Å². The van der Waals surface area contributed by atoms with Crippen molar-refractivity contribution in [1.82, 2.24) is 5.32 Å². The normalized spacial score (nSPS) is 43.3. The van der Waals surface area contributed by atoms with Gasteiger partial charge >= 0.3 is 0 Å². The average molecular weight is 258 g/mol. The van der Waals surface area contributed by atoms with Crippen LogP contribution in [-0.2, 0) is 4.74 Å². The number of fused-ring (bicyclic) bond motifs is 1. The fourth-order valence-electron chi connectivity index (χ4n) is 2.10. The van der Waals surface area contributed by atoms with Crippen LogP contribution < -0.4 is 5.32 Å². The standard InChI is InChI=1S/C11H18N2O3S/c1-5(2)4-6-8(14)9(15)7-10(16-6)17-11(12-3)13-7/h6-10,14-15H,1,4H2,2-3H3,(H,12,13). The van der Waals surface area contributed by atoms with Crippen molar-refractivity contribution in [2.75, 3.05) is 7.05 Å². The molecule has 17 heavy (non-hydrogen) atoms. The molecule has 0 radical (unpaired) electrons. The highest BCUT2D eigenvalue weighted by molar-refractivity contribution is 8.14. The van der Waals surface area contributed by atoms with Gasteiger partial charge in [0.05, 0.1) is 12.1 Å². The molecule has 5 atom stereocenters. The van der Waals surface area contributed by atoms with Crippen LogP contribution in [0.4, 0.5) is 0 Å². The molecule has 2 rings (SSSR count). The molecule has 2 heterocycles. The van der Waals surface area contributed by atoms with Crippen molar-refractivity contribution in [3.05, 3.63) is 12.2 Å². The summed E-state index contributed by atoms with van der Waals surface area (Å²) >= 11 is 1.45. The van der Waals surface area contributed by atoms with Crippen LogP contribution in [0.1, 0.15) is 13.3 Å². The van der Waals surface area contributed by atoms with Crippen LogP contribution in [0.15, 0.2) is 17.1 Å². The SMILES string of the molecule is C=C(C)CC1OC2SC(=NC)NC2C(O)C1O. The van der Waals surface area contributed by atoms with Crippen molar-refractivity contribution < 1.29 is 14.9 Å². The number of thioether (sulfide) groups is 1. The molecule has 0 aliphatic carbocycles. The molecule has 2 saturated heterocycles. The molecule has 2 aliphatic rings. The molecule has 0 spiro atoms. The van der Waals surface area contributed by atoms with E-state index in [0.29, 0.717) is 6.42 Å². The van der Waals surface area contributed by atoms with Crippen molar-refractivity contribution in [3.8, 4) is 0 Å². The van der Waals surface area contributed by atoms with Gasteiger partial charge in [0.15, 0.2) is 5.17 Å². The van der Waals surface area contributed by atoms with Gasteiger partial charge in [-0.3, -0.25) is 4.99 Å². The highest BCUT2D eigenvalue weighted by Gasteiger charge is 2.48. The van der Waals surface area contributed by atoms with Gasteiger partial charge in [0.1, 0.15) is 17.6 Å². The van der Waals surface area contributed by atoms with Crippen LogP contribution in [0.3, 0.4) is 0 Å². The predicted molar refractivity (Wildman–Crippen MR) is 68.0 cm³/mol.